The van der Waals surface area contributed by atoms with Crippen molar-refractivity contribution in [2.24, 2.45) is 0 Å². The summed E-state index contributed by atoms with van der Waals surface area (Å²) in [7, 11) is 1.60. The van der Waals surface area contributed by atoms with Crippen LogP contribution < -0.4 is 5.32 Å². The molecule has 1 aliphatic carbocycles. The van der Waals surface area contributed by atoms with Crippen molar-refractivity contribution in [3.63, 3.8) is 0 Å². The van der Waals surface area contributed by atoms with Crippen LogP contribution in [0.1, 0.15) is 38.5 Å². The third kappa shape index (κ3) is 2.60. The maximum Gasteiger partial charge on any atom is 0.325 e. The number of carbonyl (C=O) groups is 2. The number of carbonyl (C=O) groups excluding carboxylic acids is 2. The number of hydrogen-bond acceptors (Lipinski definition) is 3. The highest BCUT2D eigenvalue weighted by Crippen LogP contribution is 2.25. The average molecular weight is 240 g/mol. The lowest BCUT2D eigenvalue weighted by atomic mass is 9.94. The van der Waals surface area contributed by atoms with Crippen LogP contribution in [0, 0.1) is 0 Å². The molecule has 1 unspecified atom stereocenters. The molecular formula is C12H20N2O3. The van der Waals surface area contributed by atoms with E-state index in [4.69, 9.17) is 4.74 Å². The van der Waals surface area contributed by atoms with Gasteiger partial charge in [-0.2, -0.15) is 0 Å². The van der Waals surface area contributed by atoms with E-state index < -0.39 is 0 Å². The topological polar surface area (TPSA) is 58.6 Å². The van der Waals surface area contributed by atoms with E-state index in [2.05, 4.69) is 5.32 Å². The van der Waals surface area contributed by atoms with E-state index >= 15 is 0 Å². The van der Waals surface area contributed by atoms with Gasteiger partial charge in [0.1, 0.15) is 6.04 Å². The Hall–Kier alpha value is -1.10. The summed E-state index contributed by atoms with van der Waals surface area (Å²) in [6.45, 7) is 0.495. The van der Waals surface area contributed by atoms with Gasteiger partial charge in [0.15, 0.2) is 0 Å². The van der Waals surface area contributed by atoms with Crippen LogP contribution in [0.3, 0.4) is 0 Å². The van der Waals surface area contributed by atoms with Crippen LogP contribution in [0.15, 0.2) is 0 Å². The van der Waals surface area contributed by atoms with Crippen LogP contribution in [-0.4, -0.2) is 42.6 Å². The second-order valence-corrected chi connectivity index (χ2v) is 4.78. The normalized spacial score (nSPS) is 26.4. The van der Waals surface area contributed by atoms with Crippen molar-refractivity contribution in [2.45, 2.75) is 50.6 Å². The number of methoxy groups -OCH3 is 1. The Morgan fingerprint density at radius 1 is 1.29 bits per heavy atom. The van der Waals surface area contributed by atoms with Gasteiger partial charge in [-0.05, 0) is 12.8 Å². The first kappa shape index (κ1) is 12.4. The van der Waals surface area contributed by atoms with Gasteiger partial charge in [-0.1, -0.05) is 19.3 Å². The first-order chi connectivity index (χ1) is 8.24. The highest BCUT2D eigenvalue weighted by Gasteiger charge is 2.41. The molecule has 5 heteroatoms. The molecule has 1 aliphatic heterocycles. The van der Waals surface area contributed by atoms with Gasteiger partial charge in [-0.15, -0.1) is 0 Å². The molecule has 1 atom stereocenters. The third-order valence-electron chi connectivity index (χ3n) is 3.60. The lowest BCUT2D eigenvalue weighted by Gasteiger charge is -2.28. The molecular weight excluding hydrogens is 220 g/mol. The summed E-state index contributed by atoms with van der Waals surface area (Å²) >= 11 is 0. The van der Waals surface area contributed by atoms with E-state index in [1.165, 1.54) is 11.3 Å². The van der Waals surface area contributed by atoms with Crippen molar-refractivity contribution >= 4 is 11.9 Å². The van der Waals surface area contributed by atoms with E-state index in [-0.39, 0.29) is 24.0 Å². The molecule has 17 heavy (non-hydrogen) atoms. The van der Waals surface area contributed by atoms with Crippen molar-refractivity contribution in [3.8, 4) is 0 Å². The lowest BCUT2D eigenvalue weighted by Crippen LogP contribution is -2.42. The second kappa shape index (κ2) is 5.49. The van der Waals surface area contributed by atoms with E-state index in [0.717, 1.165) is 25.7 Å². The molecule has 1 saturated heterocycles. The Bertz CT molecular complexity index is 300. The zero-order valence-electron chi connectivity index (χ0n) is 10.3. The molecule has 1 heterocycles. The molecule has 0 aromatic carbocycles. The Morgan fingerprint density at radius 2 is 2.00 bits per heavy atom. The van der Waals surface area contributed by atoms with Crippen LogP contribution in [0.4, 0.5) is 4.79 Å². The molecule has 3 amide bonds. The fraction of sp³-hybridized carbons (Fsp3) is 0.833. The van der Waals surface area contributed by atoms with Crippen LogP contribution in [-0.2, 0) is 9.53 Å². The smallest absolute Gasteiger partial charge is 0.325 e. The molecule has 0 bridgehead atoms. The fourth-order valence-electron chi connectivity index (χ4n) is 2.66. The number of nitrogens with one attached hydrogen (secondary N) is 1. The van der Waals surface area contributed by atoms with E-state index in [0.29, 0.717) is 13.0 Å². The minimum Gasteiger partial charge on any atom is -0.385 e. The van der Waals surface area contributed by atoms with Crippen molar-refractivity contribution in [2.75, 3.05) is 13.7 Å². The number of ether oxygens (including phenoxy) is 1. The SMILES string of the molecule is COCCC1NC(=O)N(C2CCCCC2)C1=O. The Morgan fingerprint density at radius 3 is 2.65 bits per heavy atom. The Balaban J connectivity index is 1.97. The molecule has 2 fully saturated rings. The predicted octanol–water partition coefficient (Wildman–Crippen LogP) is 1.28. The number of urea groups is 1. The van der Waals surface area contributed by atoms with E-state index in [1.54, 1.807) is 7.11 Å². The molecule has 0 radical (unpaired) electrons. The van der Waals surface area contributed by atoms with E-state index in [1.807, 2.05) is 0 Å². The van der Waals surface area contributed by atoms with Crippen LogP contribution in [0.5, 0.6) is 0 Å². The standard InChI is InChI=1S/C12H20N2O3/c1-17-8-7-10-11(15)14(12(16)13-10)9-5-3-2-4-6-9/h9-10H,2-8H2,1H3,(H,13,16). The van der Waals surface area contributed by atoms with Gasteiger partial charge in [-0.3, -0.25) is 9.69 Å². The molecule has 0 aromatic heterocycles. The molecule has 1 N–H and O–H groups in total. The summed E-state index contributed by atoms with van der Waals surface area (Å²) in [6, 6.07) is -0.490. The zero-order chi connectivity index (χ0) is 12.3. The number of imide groups is 1. The van der Waals surface area contributed by atoms with E-state index in [9.17, 15) is 9.59 Å². The summed E-state index contributed by atoms with van der Waals surface area (Å²) < 4.78 is 4.95. The van der Waals surface area contributed by atoms with Crippen LogP contribution in [0.25, 0.3) is 0 Å². The first-order valence-corrected chi connectivity index (χ1v) is 6.36. The van der Waals surface area contributed by atoms with Gasteiger partial charge in [0.05, 0.1) is 0 Å². The van der Waals surface area contributed by atoms with Gasteiger partial charge in [0.2, 0.25) is 0 Å². The largest absolute Gasteiger partial charge is 0.385 e. The Labute approximate surface area is 101 Å². The van der Waals surface area contributed by atoms with Gasteiger partial charge < -0.3 is 10.1 Å². The highest BCUT2D eigenvalue weighted by molar-refractivity contribution is 6.04. The fourth-order valence-corrected chi connectivity index (χ4v) is 2.66. The van der Waals surface area contributed by atoms with Crippen molar-refractivity contribution in [3.05, 3.63) is 0 Å². The molecule has 96 valence electrons. The highest BCUT2D eigenvalue weighted by atomic mass is 16.5. The monoisotopic (exact) mass is 240 g/mol. The van der Waals surface area contributed by atoms with Crippen molar-refractivity contribution in [1.29, 1.82) is 0 Å². The van der Waals surface area contributed by atoms with Crippen molar-refractivity contribution in [1.82, 2.24) is 10.2 Å². The van der Waals surface area contributed by atoms with Crippen LogP contribution in [0.2, 0.25) is 0 Å². The minimum atomic E-state index is -0.385. The molecule has 5 nitrogen and oxygen atoms in total. The second-order valence-electron chi connectivity index (χ2n) is 4.78. The third-order valence-corrected chi connectivity index (χ3v) is 3.60. The maximum atomic E-state index is 12.1. The van der Waals surface area contributed by atoms with Gasteiger partial charge in [-0.25, -0.2) is 4.79 Å². The molecule has 2 rings (SSSR count). The number of hydrogen-bond donors (Lipinski definition) is 1. The molecule has 0 aromatic rings. The van der Waals surface area contributed by atoms with Gasteiger partial charge in [0.25, 0.3) is 5.91 Å². The van der Waals surface area contributed by atoms with Gasteiger partial charge in [0, 0.05) is 26.2 Å². The minimum absolute atomic E-state index is 0.0704. The number of nitrogens with zero attached hydrogens (tertiary/aromatic N) is 1. The summed E-state index contributed by atoms with van der Waals surface area (Å²) in [5.41, 5.74) is 0. The summed E-state index contributed by atoms with van der Waals surface area (Å²) in [5.74, 6) is -0.0704. The first-order valence-electron chi connectivity index (χ1n) is 6.36. The Kier molecular flexibility index (Phi) is 3.99. The molecule has 0 spiro atoms. The van der Waals surface area contributed by atoms with Gasteiger partial charge >= 0.3 is 6.03 Å². The average Bonchev–Trinajstić information content (AvgIpc) is 2.63. The zero-order valence-corrected chi connectivity index (χ0v) is 10.3. The van der Waals surface area contributed by atoms with Crippen LogP contribution >= 0.6 is 0 Å². The molecule has 2 aliphatic rings. The number of amides is 3. The predicted molar refractivity (Wildman–Crippen MR) is 62.5 cm³/mol. The maximum absolute atomic E-state index is 12.1. The quantitative estimate of drug-likeness (QED) is 0.753. The van der Waals surface area contributed by atoms with Crippen molar-refractivity contribution < 1.29 is 14.3 Å². The summed E-state index contributed by atoms with van der Waals surface area (Å²) in [5, 5.41) is 2.74. The molecule has 1 saturated carbocycles. The summed E-state index contributed by atoms with van der Waals surface area (Å²) in [6.07, 6.45) is 5.92. The summed E-state index contributed by atoms with van der Waals surface area (Å²) in [4.78, 5) is 25.4. The lowest BCUT2D eigenvalue weighted by molar-refractivity contribution is -0.129. The number of rotatable bonds is 4.